The first kappa shape index (κ1) is 41.9. The molecule has 0 bridgehead atoms. The summed E-state index contributed by atoms with van der Waals surface area (Å²) in [5.41, 5.74) is 16.2. The molecule has 1 heteroatoms. The van der Waals surface area contributed by atoms with Gasteiger partial charge < -0.3 is 4.90 Å². The fraction of sp³-hybridized carbons (Fsp3) is 0.226. The van der Waals surface area contributed by atoms with Gasteiger partial charge in [0.1, 0.15) is 0 Å². The highest BCUT2D eigenvalue weighted by Gasteiger charge is 2.50. The summed E-state index contributed by atoms with van der Waals surface area (Å²) in [7, 11) is 0. The molecule has 0 saturated heterocycles. The Morgan fingerprint density at radius 3 is 2.30 bits per heavy atom. The van der Waals surface area contributed by atoms with E-state index in [-0.39, 0.29) is 16.2 Å². The van der Waals surface area contributed by atoms with Gasteiger partial charge in [-0.25, -0.2) is 0 Å². The second-order valence-corrected chi connectivity index (χ2v) is 18.8. The lowest BCUT2D eigenvalue weighted by molar-refractivity contribution is 0.425. The van der Waals surface area contributed by atoms with Crippen LogP contribution in [0, 0.1) is 11.8 Å². The molecule has 0 heterocycles. The molecule has 0 amide bonds. The van der Waals surface area contributed by atoms with E-state index in [0.29, 0.717) is 11.8 Å². The molecule has 4 aromatic rings. The molecule has 0 N–H and O–H groups in total. The largest absolute Gasteiger partial charge is 0.311 e. The topological polar surface area (TPSA) is 3.24 Å². The second kappa shape index (κ2) is 17.4. The fourth-order valence-electron chi connectivity index (χ4n) is 10.8. The van der Waals surface area contributed by atoms with Crippen LogP contribution in [0.15, 0.2) is 224 Å². The molecule has 0 fully saturated rings. The van der Waals surface area contributed by atoms with Crippen LogP contribution in [0.5, 0.6) is 0 Å². The average molecular weight is 820 g/mol. The molecular formula is C62H61N. The minimum Gasteiger partial charge on any atom is -0.311 e. The molecule has 0 aromatic heterocycles. The Morgan fingerprint density at radius 1 is 0.746 bits per heavy atom. The van der Waals surface area contributed by atoms with E-state index in [1.54, 1.807) is 5.57 Å². The first-order valence-corrected chi connectivity index (χ1v) is 23.0. The Hall–Kier alpha value is -6.44. The van der Waals surface area contributed by atoms with Crippen molar-refractivity contribution in [2.45, 2.75) is 76.5 Å². The molecule has 5 aliphatic carbocycles. The van der Waals surface area contributed by atoms with Gasteiger partial charge in [-0.15, -0.1) is 0 Å². The first-order chi connectivity index (χ1) is 30.6. The standard InChI is InChI=1S/C62H61N/c1-7-21-52(29-20-23-47-31-39-57-56(43-47)55-38-30-45(2)42-59(55)62(57,50-25-14-9-15-26-50)51-27-16-10-17-28-51)63(53-36-33-49(34-37-53)61(6)40-18-11-19-41-61)54-35-32-48-24-13-8-12-22-46(3)60(4,5)58(48)44-54/h7-23,25-27,29-40,43-45,51H,3,24,28,41-42H2,1-2,4-6H3/b13-8-,21-7-,22-12-,23-20+,52-29+. The first-order valence-electron chi connectivity index (χ1n) is 23.0. The Bertz CT molecular complexity index is 2750. The molecular weight excluding hydrogens is 759 g/mol. The molecule has 0 radical (unpaired) electrons. The van der Waals surface area contributed by atoms with Crippen molar-refractivity contribution >= 4 is 23.0 Å². The molecule has 0 saturated carbocycles. The van der Waals surface area contributed by atoms with E-state index in [1.165, 1.54) is 44.5 Å². The van der Waals surface area contributed by atoms with Gasteiger partial charge in [0, 0.05) is 33.3 Å². The molecule has 314 valence electrons. The van der Waals surface area contributed by atoms with Crippen LogP contribution in [-0.2, 0) is 22.7 Å². The van der Waals surface area contributed by atoms with Gasteiger partial charge in [-0.05, 0) is 143 Å². The van der Waals surface area contributed by atoms with Crippen LogP contribution < -0.4 is 4.90 Å². The Balaban J connectivity index is 1.14. The van der Waals surface area contributed by atoms with Gasteiger partial charge >= 0.3 is 0 Å². The minimum atomic E-state index is -0.250. The van der Waals surface area contributed by atoms with Crippen LogP contribution in [0.1, 0.15) is 92.8 Å². The smallest absolute Gasteiger partial charge is 0.0492 e. The summed E-state index contributed by atoms with van der Waals surface area (Å²) in [6.45, 7) is 16.0. The molecule has 0 spiro atoms. The van der Waals surface area contributed by atoms with Crippen LogP contribution in [0.2, 0.25) is 0 Å². The fourth-order valence-corrected chi connectivity index (χ4v) is 10.8. The second-order valence-electron chi connectivity index (χ2n) is 18.8. The molecule has 63 heavy (non-hydrogen) atoms. The van der Waals surface area contributed by atoms with Gasteiger partial charge in [-0.2, -0.15) is 0 Å². The van der Waals surface area contributed by atoms with Crippen LogP contribution in [-0.4, -0.2) is 0 Å². The molecule has 4 aromatic carbocycles. The summed E-state index contributed by atoms with van der Waals surface area (Å²) < 4.78 is 0. The number of rotatable bonds is 9. The van der Waals surface area contributed by atoms with Gasteiger partial charge in [-0.1, -0.05) is 198 Å². The SMILES string of the molecule is C=C1/C=C\C=C/Cc2ccc(N(C(/C=C\C)=C/C=C/c3ccc4c(c3)C3=C(CC(C)C=C3)C4(c3ccccc3)C3C=CC=CC3)c3ccc(C4(C)C=CC=CC4)cc3)cc2C1(C)C. The lowest BCUT2D eigenvalue weighted by Gasteiger charge is -2.42. The van der Waals surface area contributed by atoms with Crippen molar-refractivity contribution in [3.8, 4) is 0 Å². The average Bonchev–Trinajstić information content (AvgIpc) is 3.61. The zero-order valence-corrected chi connectivity index (χ0v) is 37.8. The molecule has 1 nitrogen and oxygen atoms in total. The molecule has 4 atom stereocenters. The predicted molar refractivity (Wildman–Crippen MR) is 271 cm³/mol. The monoisotopic (exact) mass is 819 g/mol. The highest BCUT2D eigenvalue weighted by molar-refractivity contribution is 5.90. The maximum absolute atomic E-state index is 4.54. The number of fused-ring (bicyclic) bond motifs is 3. The van der Waals surface area contributed by atoms with Gasteiger partial charge in [0.05, 0.1) is 0 Å². The van der Waals surface area contributed by atoms with E-state index >= 15 is 0 Å². The normalized spacial score (nSPS) is 25.7. The van der Waals surface area contributed by atoms with Crippen molar-refractivity contribution in [2.24, 2.45) is 11.8 Å². The van der Waals surface area contributed by atoms with E-state index < -0.39 is 0 Å². The predicted octanol–water partition coefficient (Wildman–Crippen LogP) is 16.1. The van der Waals surface area contributed by atoms with E-state index in [0.717, 1.165) is 48.3 Å². The molecule has 0 aliphatic heterocycles. The summed E-state index contributed by atoms with van der Waals surface area (Å²) in [4.78, 5) is 2.42. The van der Waals surface area contributed by atoms with E-state index in [2.05, 4.69) is 253 Å². The summed E-state index contributed by atoms with van der Waals surface area (Å²) in [6, 6.07) is 34.8. The zero-order valence-electron chi connectivity index (χ0n) is 37.8. The third-order valence-corrected chi connectivity index (χ3v) is 14.3. The van der Waals surface area contributed by atoms with Gasteiger partial charge in [-0.3, -0.25) is 0 Å². The van der Waals surface area contributed by atoms with Gasteiger partial charge in [0.2, 0.25) is 0 Å². The number of allylic oxidation sites excluding steroid dienone is 21. The summed E-state index contributed by atoms with van der Waals surface area (Å²) >= 11 is 0. The molecule has 4 unspecified atom stereocenters. The van der Waals surface area contributed by atoms with Crippen molar-refractivity contribution in [1.29, 1.82) is 0 Å². The third-order valence-electron chi connectivity index (χ3n) is 14.3. The van der Waals surface area contributed by atoms with Crippen LogP contribution >= 0.6 is 0 Å². The Kier molecular flexibility index (Phi) is 11.6. The lowest BCUT2D eigenvalue weighted by Crippen LogP contribution is -2.37. The van der Waals surface area contributed by atoms with Crippen LogP contribution in [0.4, 0.5) is 11.4 Å². The highest BCUT2D eigenvalue weighted by Crippen LogP contribution is 2.59. The summed E-state index contributed by atoms with van der Waals surface area (Å²) in [5.74, 6) is 0.842. The number of benzene rings is 4. The Labute approximate surface area is 377 Å². The van der Waals surface area contributed by atoms with Crippen molar-refractivity contribution < 1.29 is 0 Å². The van der Waals surface area contributed by atoms with Gasteiger partial charge in [0.25, 0.3) is 0 Å². The summed E-state index contributed by atoms with van der Waals surface area (Å²) in [5, 5.41) is 0. The summed E-state index contributed by atoms with van der Waals surface area (Å²) in [6.07, 6.45) is 46.9. The number of anilines is 2. The quantitative estimate of drug-likeness (QED) is 0.152. The zero-order chi connectivity index (χ0) is 43.6. The van der Waals surface area contributed by atoms with E-state index in [1.807, 2.05) is 0 Å². The van der Waals surface area contributed by atoms with Crippen LogP contribution in [0.25, 0.3) is 11.6 Å². The molecule has 9 rings (SSSR count). The van der Waals surface area contributed by atoms with Crippen molar-refractivity contribution in [3.05, 3.63) is 263 Å². The van der Waals surface area contributed by atoms with Crippen molar-refractivity contribution in [3.63, 3.8) is 0 Å². The Morgan fingerprint density at radius 2 is 1.54 bits per heavy atom. The maximum atomic E-state index is 4.54. The molecule has 5 aliphatic rings. The van der Waals surface area contributed by atoms with E-state index in [4.69, 9.17) is 0 Å². The van der Waals surface area contributed by atoms with Gasteiger partial charge in [0.15, 0.2) is 0 Å². The number of nitrogens with zero attached hydrogens (tertiary/aromatic N) is 1. The van der Waals surface area contributed by atoms with Crippen molar-refractivity contribution in [1.82, 2.24) is 0 Å². The number of hydrogen-bond donors (Lipinski definition) is 0. The minimum absolute atomic E-state index is 0.0292. The third kappa shape index (κ3) is 7.73. The highest BCUT2D eigenvalue weighted by atomic mass is 15.1. The number of hydrogen-bond acceptors (Lipinski definition) is 1. The lowest BCUT2D eigenvalue weighted by atomic mass is 9.60. The van der Waals surface area contributed by atoms with Crippen molar-refractivity contribution in [2.75, 3.05) is 4.90 Å². The van der Waals surface area contributed by atoms with E-state index in [9.17, 15) is 0 Å². The maximum Gasteiger partial charge on any atom is 0.0492 e. The van der Waals surface area contributed by atoms with Crippen LogP contribution in [0.3, 0.4) is 0 Å².